The molecule has 0 aliphatic heterocycles. The summed E-state index contributed by atoms with van der Waals surface area (Å²) in [7, 11) is 0. The van der Waals surface area contributed by atoms with Gasteiger partial charge in [-0.3, -0.25) is 9.59 Å². The maximum Gasteiger partial charge on any atom is 0.348 e. The van der Waals surface area contributed by atoms with E-state index in [2.05, 4.69) is 6.92 Å². The van der Waals surface area contributed by atoms with E-state index < -0.39 is 34.5 Å². The molecule has 158 valence electrons. The molecular formula is C23H30O6. The number of esters is 1. The van der Waals surface area contributed by atoms with Crippen LogP contribution in [0.25, 0.3) is 0 Å². The summed E-state index contributed by atoms with van der Waals surface area (Å²) in [5, 5.41) is 21.5. The van der Waals surface area contributed by atoms with Crippen LogP contribution in [0.3, 0.4) is 0 Å². The van der Waals surface area contributed by atoms with Crippen molar-refractivity contribution in [1.82, 2.24) is 0 Å². The molecule has 29 heavy (non-hydrogen) atoms. The van der Waals surface area contributed by atoms with Gasteiger partial charge >= 0.3 is 11.9 Å². The first-order valence-corrected chi connectivity index (χ1v) is 10.7. The van der Waals surface area contributed by atoms with E-state index in [-0.39, 0.29) is 42.8 Å². The Morgan fingerprint density at radius 3 is 2.66 bits per heavy atom. The Labute approximate surface area is 171 Å². The SMILES string of the molecule is CCC(=O)OC1(C(=O)O)CC[C@H]2[C@@H]3CCC4=CC(=O)C=C[C@]4(C)[C@@H]3C(O)C[C@@]21C. The minimum Gasteiger partial charge on any atom is -0.478 e. The number of aliphatic hydroxyl groups is 1. The Kier molecular flexibility index (Phi) is 4.57. The van der Waals surface area contributed by atoms with Crippen LogP contribution < -0.4 is 0 Å². The molecule has 4 aliphatic rings. The van der Waals surface area contributed by atoms with Crippen LogP contribution in [0.2, 0.25) is 0 Å². The van der Waals surface area contributed by atoms with Crippen molar-refractivity contribution in [2.75, 3.05) is 0 Å². The Morgan fingerprint density at radius 1 is 1.28 bits per heavy atom. The zero-order chi connectivity index (χ0) is 21.2. The number of aliphatic hydroxyl groups excluding tert-OH is 1. The standard InChI is InChI=1S/C23H30O6/c1-4-18(26)29-23(20(27)28)10-8-16-15-6-5-13-11-14(24)7-9-21(13,2)19(15)17(25)12-22(16,23)3/h7,9,11,15-17,19,25H,4-6,8,10,12H2,1-3H3,(H,27,28)/t15-,16-,17?,19-,21-,22-,23?/m0/s1. The van der Waals surface area contributed by atoms with E-state index >= 15 is 0 Å². The van der Waals surface area contributed by atoms with Gasteiger partial charge in [0, 0.05) is 23.2 Å². The van der Waals surface area contributed by atoms with Gasteiger partial charge in [0.25, 0.3) is 0 Å². The quantitative estimate of drug-likeness (QED) is 0.704. The van der Waals surface area contributed by atoms with Crippen molar-refractivity contribution in [3.8, 4) is 0 Å². The first-order chi connectivity index (χ1) is 13.6. The smallest absolute Gasteiger partial charge is 0.348 e. The third-order valence-corrected chi connectivity index (χ3v) is 8.54. The summed E-state index contributed by atoms with van der Waals surface area (Å²) in [5.41, 5.74) is -1.75. The summed E-state index contributed by atoms with van der Waals surface area (Å²) < 4.78 is 5.64. The topological polar surface area (TPSA) is 101 Å². The second-order valence-electron chi connectivity index (χ2n) is 9.71. The fourth-order valence-electron chi connectivity index (χ4n) is 7.14. The summed E-state index contributed by atoms with van der Waals surface area (Å²) in [6, 6.07) is 0. The average molecular weight is 402 g/mol. The lowest BCUT2D eigenvalue weighted by atomic mass is 9.46. The zero-order valence-corrected chi connectivity index (χ0v) is 17.3. The van der Waals surface area contributed by atoms with E-state index in [0.29, 0.717) is 6.42 Å². The van der Waals surface area contributed by atoms with Crippen LogP contribution in [0.1, 0.15) is 59.3 Å². The van der Waals surface area contributed by atoms with Crippen molar-refractivity contribution < 1.29 is 29.3 Å². The molecule has 3 fully saturated rings. The lowest BCUT2D eigenvalue weighted by Gasteiger charge is -2.59. The number of carbonyl (C=O) groups excluding carboxylic acids is 2. The predicted molar refractivity (Wildman–Crippen MR) is 105 cm³/mol. The molecule has 7 atom stereocenters. The molecule has 6 nitrogen and oxygen atoms in total. The molecule has 0 aromatic carbocycles. The number of allylic oxidation sites excluding steroid dienone is 4. The molecule has 0 radical (unpaired) electrons. The number of hydrogen-bond donors (Lipinski definition) is 2. The molecule has 0 amide bonds. The Hall–Kier alpha value is -1.95. The van der Waals surface area contributed by atoms with E-state index in [9.17, 15) is 24.6 Å². The highest BCUT2D eigenvalue weighted by Gasteiger charge is 2.70. The lowest BCUT2D eigenvalue weighted by molar-refractivity contribution is -0.209. The minimum atomic E-state index is -1.59. The van der Waals surface area contributed by atoms with Crippen molar-refractivity contribution in [2.24, 2.45) is 28.6 Å². The van der Waals surface area contributed by atoms with E-state index in [1.54, 1.807) is 19.1 Å². The molecule has 0 bridgehead atoms. The van der Waals surface area contributed by atoms with Crippen molar-refractivity contribution >= 4 is 17.7 Å². The summed E-state index contributed by atoms with van der Waals surface area (Å²) in [6.45, 7) is 5.63. The minimum absolute atomic E-state index is 0.0108. The van der Waals surface area contributed by atoms with E-state index in [0.717, 1.165) is 18.4 Å². The van der Waals surface area contributed by atoms with Crippen molar-refractivity contribution in [3.05, 3.63) is 23.8 Å². The van der Waals surface area contributed by atoms with Gasteiger partial charge in [0.15, 0.2) is 5.78 Å². The van der Waals surface area contributed by atoms with E-state index in [1.807, 2.05) is 13.0 Å². The molecule has 2 N–H and O–H groups in total. The van der Waals surface area contributed by atoms with Gasteiger partial charge in [-0.05, 0) is 56.1 Å². The molecule has 0 spiro atoms. The molecule has 0 saturated heterocycles. The van der Waals surface area contributed by atoms with Crippen molar-refractivity contribution in [1.29, 1.82) is 0 Å². The average Bonchev–Trinajstić information content (AvgIpc) is 2.94. The molecule has 4 rings (SSSR count). The first kappa shape index (κ1) is 20.3. The lowest BCUT2D eigenvalue weighted by Crippen LogP contribution is -2.62. The number of aliphatic carboxylic acids is 1. The van der Waals surface area contributed by atoms with E-state index in [4.69, 9.17) is 4.74 Å². The third kappa shape index (κ3) is 2.61. The van der Waals surface area contributed by atoms with Crippen LogP contribution in [-0.4, -0.2) is 39.6 Å². The van der Waals surface area contributed by atoms with Gasteiger partial charge in [0.2, 0.25) is 5.60 Å². The number of hydrogen-bond acceptors (Lipinski definition) is 5. The number of rotatable bonds is 3. The highest BCUT2D eigenvalue weighted by molar-refractivity contribution is 6.01. The zero-order valence-electron chi connectivity index (χ0n) is 17.3. The summed E-state index contributed by atoms with van der Waals surface area (Å²) in [5.74, 6) is -1.55. The van der Waals surface area contributed by atoms with Gasteiger partial charge in [-0.2, -0.15) is 0 Å². The van der Waals surface area contributed by atoms with Crippen LogP contribution in [-0.2, 0) is 19.1 Å². The second kappa shape index (κ2) is 6.53. The number of ether oxygens (including phenoxy) is 1. The monoisotopic (exact) mass is 402 g/mol. The second-order valence-corrected chi connectivity index (χ2v) is 9.71. The molecule has 6 heteroatoms. The number of ketones is 1. The molecule has 0 heterocycles. The fourth-order valence-corrected chi connectivity index (χ4v) is 7.14. The number of fused-ring (bicyclic) bond motifs is 5. The maximum absolute atomic E-state index is 12.4. The normalized spacial score (nSPS) is 45.7. The van der Waals surface area contributed by atoms with Crippen LogP contribution >= 0.6 is 0 Å². The van der Waals surface area contributed by atoms with Crippen molar-refractivity contribution in [2.45, 2.75) is 71.0 Å². The Morgan fingerprint density at radius 2 is 2.00 bits per heavy atom. The Balaban J connectivity index is 1.75. The molecule has 0 aromatic rings. The van der Waals surface area contributed by atoms with Gasteiger partial charge in [-0.25, -0.2) is 4.79 Å². The van der Waals surface area contributed by atoms with E-state index in [1.165, 1.54) is 0 Å². The van der Waals surface area contributed by atoms with Crippen LogP contribution in [0.15, 0.2) is 23.8 Å². The highest BCUT2D eigenvalue weighted by Crippen LogP contribution is 2.67. The Bertz CT molecular complexity index is 827. The summed E-state index contributed by atoms with van der Waals surface area (Å²) >= 11 is 0. The largest absolute Gasteiger partial charge is 0.478 e. The maximum atomic E-state index is 12.4. The molecule has 4 aliphatic carbocycles. The molecule has 2 unspecified atom stereocenters. The van der Waals surface area contributed by atoms with Gasteiger partial charge in [-0.15, -0.1) is 0 Å². The van der Waals surface area contributed by atoms with Crippen LogP contribution in [0, 0.1) is 28.6 Å². The van der Waals surface area contributed by atoms with Crippen LogP contribution in [0.5, 0.6) is 0 Å². The third-order valence-electron chi connectivity index (χ3n) is 8.54. The summed E-state index contributed by atoms with van der Waals surface area (Å²) in [6.07, 6.45) is 7.40. The van der Waals surface area contributed by atoms with Crippen LogP contribution in [0.4, 0.5) is 0 Å². The molecular weight excluding hydrogens is 372 g/mol. The van der Waals surface area contributed by atoms with Gasteiger partial charge in [-0.1, -0.05) is 32.4 Å². The van der Waals surface area contributed by atoms with Gasteiger partial charge < -0.3 is 14.9 Å². The highest BCUT2D eigenvalue weighted by atomic mass is 16.6. The van der Waals surface area contributed by atoms with Gasteiger partial charge in [0.1, 0.15) is 0 Å². The number of carbonyl (C=O) groups is 3. The van der Waals surface area contributed by atoms with Crippen molar-refractivity contribution in [3.63, 3.8) is 0 Å². The number of carboxylic acids is 1. The predicted octanol–water partition coefficient (Wildman–Crippen LogP) is 3.04. The number of carboxylic acid groups (broad SMARTS) is 1. The summed E-state index contributed by atoms with van der Waals surface area (Å²) in [4.78, 5) is 36.4. The van der Waals surface area contributed by atoms with Gasteiger partial charge in [0.05, 0.1) is 6.10 Å². The first-order valence-electron chi connectivity index (χ1n) is 10.7. The fraction of sp³-hybridized carbons (Fsp3) is 0.696. The molecule has 3 saturated carbocycles. The molecule has 0 aromatic heterocycles.